The smallest absolute Gasteiger partial charge is 0.253 e. The molecule has 1 unspecified atom stereocenters. The van der Waals surface area contributed by atoms with Crippen LogP contribution in [0.5, 0.6) is 0 Å². The molecule has 26 heavy (non-hydrogen) atoms. The highest BCUT2D eigenvalue weighted by Gasteiger charge is 2.27. The zero-order valence-electron chi connectivity index (χ0n) is 14.9. The zero-order valence-corrected chi connectivity index (χ0v) is 14.9. The van der Waals surface area contributed by atoms with Crippen LogP contribution >= 0.6 is 0 Å². The minimum absolute atomic E-state index is 0.0922. The van der Waals surface area contributed by atoms with Crippen molar-refractivity contribution in [1.82, 2.24) is 9.80 Å². The number of nitrogens with zero attached hydrogens (tertiary/aromatic N) is 3. The summed E-state index contributed by atoms with van der Waals surface area (Å²) in [5.74, 6) is -0.442. The molecular formula is C21H22FN3O. The maximum atomic E-state index is 13.0. The Labute approximate surface area is 153 Å². The molecule has 2 aromatic carbocycles. The zero-order chi connectivity index (χ0) is 18.5. The quantitative estimate of drug-likeness (QED) is 0.848. The Kier molecular flexibility index (Phi) is 5.65. The number of benzene rings is 2. The first-order valence-corrected chi connectivity index (χ1v) is 8.89. The van der Waals surface area contributed by atoms with E-state index in [2.05, 4.69) is 30.0 Å². The molecule has 0 radical (unpaired) electrons. The van der Waals surface area contributed by atoms with Gasteiger partial charge in [0.05, 0.1) is 6.07 Å². The van der Waals surface area contributed by atoms with Crippen LogP contribution < -0.4 is 0 Å². The number of halogens is 1. The number of hydrogen-bond acceptors (Lipinski definition) is 3. The summed E-state index contributed by atoms with van der Waals surface area (Å²) in [6.07, 6.45) is 0.974. The van der Waals surface area contributed by atoms with Gasteiger partial charge < -0.3 is 4.90 Å². The fraction of sp³-hybridized carbons (Fsp3) is 0.333. The Hall–Kier alpha value is -2.71. The SMILES string of the molecule is CCc1ccc(C(C#N)N2CCN(C(=O)c3ccc(F)cc3)CC2)cc1. The molecule has 1 fully saturated rings. The maximum Gasteiger partial charge on any atom is 0.253 e. The topological polar surface area (TPSA) is 47.3 Å². The van der Waals surface area contributed by atoms with Crippen LogP contribution in [-0.2, 0) is 6.42 Å². The van der Waals surface area contributed by atoms with Gasteiger partial charge in [-0.3, -0.25) is 9.69 Å². The summed E-state index contributed by atoms with van der Waals surface area (Å²) >= 11 is 0. The summed E-state index contributed by atoms with van der Waals surface area (Å²) in [7, 11) is 0. The fourth-order valence-corrected chi connectivity index (χ4v) is 3.26. The fourth-order valence-electron chi connectivity index (χ4n) is 3.26. The van der Waals surface area contributed by atoms with E-state index in [4.69, 9.17) is 0 Å². The molecule has 2 aromatic rings. The summed E-state index contributed by atoms with van der Waals surface area (Å²) in [5, 5.41) is 9.63. The van der Waals surface area contributed by atoms with E-state index in [0.29, 0.717) is 31.7 Å². The number of aryl methyl sites for hydroxylation is 1. The van der Waals surface area contributed by atoms with Crippen molar-refractivity contribution in [2.45, 2.75) is 19.4 Å². The van der Waals surface area contributed by atoms with Crippen molar-refractivity contribution in [3.63, 3.8) is 0 Å². The Morgan fingerprint density at radius 2 is 1.69 bits per heavy atom. The van der Waals surface area contributed by atoms with Crippen LogP contribution in [0.25, 0.3) is 0 Å². The number of amides is 1. The third-order valence-electron chi connectivity index (χ3n) is 4.88. The minimum Gasteiger partial charge on any atom is -0.336 e. The van der Waals surface area contributed by atoms with E-state index in [1.807, 2.05) is 12.1 Å². The third-order valence-corrected chi connectivity index (χ3v) is 4.88. The van der Waals surface area contributed by atoms with E-state index in [1.54, 1.807) is 4.90 Å². The molecule has 1 aliphatic heterocycles. The molecule has 0 aromatic heterocycles. The third kappa shape index (κ3) is 3.92. The maximum absolute atomic E-state index is 13.0. The lowest BCUT2D eigenvalue weighted by molar-refractivity contribution is 0.0606. The van der Waals surface area contributed by atoms with Gasteiger partial charge in [0.15, 0.2) is 0 Å². The summed E-state index contributed by atoms with van der Waals surface area (Å²) in [5.41, 5.74) is 2.73. The second-order valence-corrected chi connectivity index (χ2v) is 6.46. The lowest BCUT2D eigenvalue weighted by Crippen LogP contribution is -2.49. The van der Waals surface area contributed by atoms with Crippen LogP contribution in [0.15, 0.2) is 48.5 Å². The molecule has 1 aliphatic rings. The van der Waals surface area contributed by atoms with E-state index in [1.165, 1.54) is 29.8 Å². The van der Waals surface area contributed by atoms with Gasteiger partial charge in [0, 0.05) is 31.7 Å². The number of hydrogen-bond donors (Lipinski definition) is 0. The molecule has 0 spiro atoms. The molecule has 1 heterocycles. The molecule has 0 saturated carbocycles. The van der Waals surface area contributed by atoms with Crippen molar-refractivity contribution in [2.75, 3.05) is 26.2 Å². The Morgan fingerprint density at radius 1 is 1.08 bits per heavy atom. The summed E-state index contributed by atoms with van der Waals surface area (Å²) in [6, 6.07) is 15.9. The van der Waals surface area contributed by atoms with Gasteiger partial charge in [-0.05, 0) is 41.8 Å². The summed E-state index contributed by atoms with van der Waals surface area (Å²) < 4.78 is 13.0. The van der Waals surface area contributed by atoms with Crippen molar-refractivity contribution in [3.05, 3.63) is 71.0 Å². The average molecular weight is 351 g/mol. The van der Waals surface area contributed by atoms with Crippen LogP contribution in [0.4, 0.5) is 4.39 Å². The first kappa shape index (κ1) is 18.1. The molecule has 134 valence electrons. The number of nitriles is 1. The normalized spacial score (nSPS) is 16.1. The van der Waals surface area contributed by atoms with E-state index in [0.717, 1.165) is 12.0 Å². The second-order valence-electron chi connectivity index (χ2n) is 6.46. The highest BCUT2D eigenvalue weighted by Crippen LogP contribution is 2.23. The van der Waals surface area contributed by atoms with Gasteiger partial charge in [-0.25, -0.2) is 4.39 Å². The average Bonchev–Trinajstić information content (AvgIpc) is 2.70. The van der Waals surface area contributed by atoms with Gasteiger partial charge >= 0.3 is 0 Å². The highest BCUT2D eigenvalue weighted by molar-refractivity contribution is 5.94. The molecule has 4 nitrogen and oxygen atoms in total. The van der Waals surface area contributed by atoms with Crippen LogP contribution in [0.1, 0.15) is 34.5 Å². The van der Waals surface area contributed by atoms with Crippen molar-refractivity contribution in [3.8, 4) is 6.07 Å². The van der Waals surface area contributed by atoms with Gasteiger partial charge in [0.2, 0.25) is 0 Å². The first-order valence-electron chi connectivity index (χ1n) is 8.89. The second kappa shape index (κ2) is 8.11. The predicted molar refractivity (Wildman–Crippen MR) is 98.1 cm³/mol. The Balaban J connectivity index is 1.63. The van der Waals surface area contributed by atoms with Gasteiger partial charge in [0.1, 0.15) is 11.9 Å². The number of piperazine rings is 1. The van der Waals surface area contributed by atoms with Crippen molar-refractivity contribution < 1.29 is 9.18 Å². The predicted octanol–water partition coefficient (Wildman–Crippen LogP) is 3.41. The molecule has 1 saturated heterocycles. The van der Waals surface area contributed by atoms with Gasteiger partial charge in [-0.1, -0.05) is 31.2 Å². The van der Waals surface area contributed by atoms with Gasteiger partial charge in [-0.15, -0.1) is 0 Å². The largest absolute Gasteiger partial charge is 0.336 e. The van der Waals surface area contributed by atoms with Crippen LogP contribution in [0, 0.1) is 17.1 Å². The Bertz CT molecular complexity index is 788. The number of carbonyl (C=O) groups is 1. The monoisotopic (exact) mass is 351 g/mol. The lowest BCUT2D eigenvalue weighted by Gasteiger charge is -2.37. The molecule has 0 aliphatic carbocycles. The lowest BCUT2D eigenvalue weighted by atomic mass is 10.0. The minimum atomic E-state index is -0.350. The highest BCUT2D eigenvalue weighted by atomic mass is 19.1. The van der Waals surface area contributed by atoms with Crippen LogP contribution in [0.3, 0.4) is 0 Å². The standard InChI is InChI=1S/C21H22FN3O/c1-2-16-3-5-17(6-4-16)20(15-23)24-11-13-25(14-12-24)21(26)18-7-9-19(22)10-8-18/h3-10,20H,2,11-14H2,1H3. The molecule has 1 atom stereocenters. The molecular weight excluding hydrogens is 329 g/mol. The molecule has 5 heteroatoms. The molecule has 0 N–H and O–H groups in total. The molecule has 1 amide bonds. The van der Waals surface area contributed by atoms with Gasteiger partial charge in [0.25, 0.3) is 5.91 Å². The van der Waals surface area contributed by atoms with E-state index >= 15 is 0 Å². The summed E-state index contributed by atoms with van der Waals surface area (Å²) in [6.45, 7) is 4.50. The van der Waals surface area contributed by atoms with Crippen LogP contribution in [-0.4, -0.2) is 41.9 Å². The van der Waals surface area contributed by atoms with E-state index in [-0.39, 0.29) is 17.8 Å². The van der Waals surface area contributed by atoms with E-state index < -0.39 is 0 Å². The molecule has 3 rings (SSSR count). The Morgan fingerprint density at radius 3 is 2.23 bits per heavy atom. The van der Waals surface area contributed by atoms with Crippen molar-refractivity contribution in [1.29, 1.82) is 5.26 Å². The number of rotatable bonds is 4. The van der Waals surface area contributed by atoms with Gasteiger partial charge in [-0.2, -0.15) is 5.26 Å². The molecule has 0 bridgehead atoms. The van der Waals surface area contributed by atoms with E-state index in [9.17, 15) is 14.4 Å². The number of carbonyl (C=O) groups excluding carboxylic acids is 1. The first-order chi connectivity index (χ1) is 12.6. The van der Waals surface area contributed by atoms with Crippen molar-refractivity contribution >= 4 is 5.91 Å². The van der Waals surface area contributed by atoms with Crippen LogP contribution in [0.2, 0.25) is 0 Å². The van der Waals surface area contributed by atoms with Crippen molar-refractivity contribution in [2.24, 2.45) is 0 Å². The summed E-state index contributed by atoms with van der Waals surface area (Å²) in [4.78, 5) is 16.4.